The van der Waals surface area contributed by atoms with Gasteiger partial charge in [0.15, 0.2) is 0 Å². The second kappa shape index (κ2) is 10.1. The molecule has 0 radical (unpaired) electrons. The van der Waals surface area contributed by atoms with E-state index >= 15 is 0 Å². The fourth-order valence-corrected chi connectivity index (χ4v) is 3.17. The quantitative estimate of drug-likeness (QED) is 0.482. The molecule has 0 aliphatic rings. The average molecular weight is 314 g/mol. The first-order valence-electron chi connectivity index (χ1n) is 9.03. The minimum atomic E-state index is -0.186. The topological polar surface area (TPSA) is 29.5 Å². The van der Waals surface area contributed by atoms with Crippen LogP contribution in [0, 0.1) is 17.3 Å². The third-order valence-electron chi connectivity index (χ3n) is 4.23. The van der Waals surface area contributed by atoms with Gasteiger partial charge in [-0.2, -0.15) is 0 Å². The van der Waals surface area contributed by atoms with E-state index in [1.54, 1.807) is 4.90 Å². The molecule has 0 spiro atoms. The van der Waals surface area contributed by atoms with Crippen molar-refractivity contribution in [1.29, 1.82) is 0 Å². The molecule has 1 amide bonds. The number of unbranched alkanes of at least 4 members (excludes halogenated alkanes) is 3. The molecule has 1 unspecified atom stereocenters. The molecule has 132 valence electrons. The highest BCUT2D eigenvalue weighted by Crippen LogP contribution is 2.34. The summed E-state index contributed by atoms with van der Waals surface area (Å²) in [5.41, 5.74) is 0.0240. The number of hydrogen-bond acceptors (Lipinski definition) is 2. The molecule has 0 heterocycles. The maximum absolute atomic E-state index is 12.3. The summed E-state index contributed by atoms with van der Waals surface area (Å²) < 4.78 is 5.88. The van der Waals surface area contributed by atoms with Gasteiger partial charge in [-0.1, -0.05) is 74.1 Å². The summed E-state index contributed by atoms with van der Waals surface area (Å²) in [6.07, 6.45) is 5.92. The van der Waals surface area contributed by atoms with E-state index in [0.717, 1.165) is 13.0 Å². The molecule has 1 atom stereocenters. The zero-order valence-electron chi connectivity index (χ0n) is 16.2. The van der Waals surface area contributed by atoms with Crippen LogP contribution >= 0.6 is 0 Å². The first kappa shape index (κ1) is 21.3. The Morgan fingerprint density at radius 3 is 2.14 bits per heavy atom. The summed E-state index contributed by atoms with van der Waals surface area (Å²) in [7, 11) is 1.83. The summed E-state index contributed by atoms with van der Waals surface area (Å²) in [5.74, 6) is 0.787. The van der Waals surface area contributed by atoms with Gasteiger partial charge in [-0.25, -0.2) is 4.79 Å². The smallest absolute Gasteiger partial charge is 0.409 e. The molecule has 0 aromatic carbocycles. The van der Waals surface area contributed by atoms with Crippen molar-refractivity contribution in [3.63, 3.8) is 0 Å². The lowest BCUT2D eigenvalue weighted by molar-refractivity contribution is -0.0254. The van der Waals surface area contributed by atoms with Gasteiger partial charge in [-0.3, -0.25) is 0 Å². The molecule has 3 nitrogen and oxygen atoms in total. The molecule has 0 fully saturated rings. The van der Waals surface area contributed by atoms with Gasteiger partial charge in [0.2, 0.25) is 0 Å². The van der Waals surface area contributed by atoms with E-state index in [0.29, 0.717) is 11.8 Å². The Bertz CT molecular complexity index is 311. The summed E-state index contributed by atoms with van der Waals surface area (Å²) in [6.45, 7) is 16.0. The number of rotatable bonds is 10. The normalized spacial score (nSPS) is 13.5. The minimum absolute atomic E-state index is 0.0240. The molecule has 0 rings (SSSR count). The van der Waals surface area contributed by atoms with Gasteiger partial charge >= 0.3 is 6.09 Å². The summed E-state index contributed by atoms with van der Waals surface area (Å²) in [5, 5.41) is 0. The maximum Gasteiger partial charge on any atom is 0.409 e. The Hall–Kier alpha value is -0.730. The molecular formula is C19H39NO2. The maximum atomic E-state index is 12.3. The third-order valence-corrected chi connectivity index (χ3v) is 4.23. The Morgan fingerprint density at radius 2 is 1.68 bits per heavy atom. The van der Waals surface area contributed by atoms with Crippen LogP contribution in [0.3, 0.4) is 0 Å². The van der Waals surface area contributed by atoms with E-state index in [-0.39, 0.29) is 17.6 Å². The zero-order valence-corrected chi connectivity index (χ0v) is 16.2. The first-order chi connectivity index (χ1) is 10.1. The monoisotopic (exact) mass is 313 g/mol. The first-order valence-corrected chi connectivity index (χ1v) is 9.03. The predicted octanol–water partition coefficient (Wildman–Crippen LogP) is 5.73. The van der Waals surface area contributed by atoms with Crippen LogP contribution in [0.4, 0.5) is 4.79 Å². The van der Waals surface area contributed by atoms with Crippen LogP contribution in [0.5, 0.6) is 0 Å². The zero-order chi connectivity index (χ0) is 17.3. The van der Waals surface area contributed by atoms with Crippen molar-refractivity contribution >= 4 is 6.09 Å². The van der Waals surface area contributed by atoms with Crippen LogP contribution in [-0.2, 0) is 4.74 Å². The summed E-state index contributed by atoms with van der Waals surface area (Å²) in [4.78, 5) is 14.0. The molecule has 0 bridgehead atoms. The van der Waals surface area contributed by atoms with Crippen LogP contribution in [0.1, 0.15) is 80.6 Å². The van der Waals surface area contributed by atoms with Crippen molar-refractivity contribution in [2.75, 3.05) is 13.6 Å². The van der Waals surface area contributed by atoms with Gasteiger partial charge < -0.3 is 9.64 Å². The van der Waals surface area contributed by atoms with Gasteiger partial charge in [-0.15, -0.1) is 0 Å². The van der Waals surface area contributed by atoms with Crippen LogP contribution in [0.2, 0.25) is 0 Å². The number of carbonyl (C=O) groups excluding carboxylic acids is 1. The van der Waals surface area contributed by atoms with Crippen molar-refractivity contribution in [2.45, 2.75) is 86.7 Å². The van der Waals surface area contributed by atoms with Crippen molar-refractivity contribution in [3.8, 4) is 0 Å². The van der Waals surface area contributed by atoms with Crippen molar-refractivity contribution in [2.24, 2.45) is 17.3 Å². The number of carbonyl (C=O) groups is 1. The molecule has 3 heteroatoms. The Kier molecular flexibility index (Phi) is 9.79. The average Bonchev–Trinajstić information content (AvgIpc) is 2.39. The van der Waals surface area contributed by atoms with E-state index < -0.39 is 0 Å². The van der Waals surface area contributed by atoms with Crippen LogP contribution in [0.25, 0.3) is 0 Å². The van der Waals surface area contributed by atoms with E-state index in [1.807, 2.05) is 7.05 Å². The predicted molar refractivity (Wildman–Crippen MR) is 95.1 cm³/mol. The lowest BCUT2D eigenvalue weighted by Gasteiger charge is -2.37. The molecule has 0 aliphatic heterocycles. The van der Waals surface area contributed by atoms with Crippen LogP contribution in [-0.4, -0.2) is 30.7 Å². The SMILES string of the molecule is CCCCCCC(C)(C)C(OC(=O)N(C)CC(C)C)C(C)C. The second-order valence-electron chi connectivity index (χ2n) is 8.12. The van der Waals surface area contributed by atoms with Gasteiger partial charge in [0.05, 0.1) is 0 Å². The van der Waals surface area contributed by atoms with Crippen molar-refractivity contribution < 1.29 is 9.53 Å². The van der Waals surface area contributed by atoms with Gasteiger partial charge in [0.1, 0.15) is 6.10 Å². The van der Waals surface area contributed by atoms with E-state index in [2.05, 4.69) is 48.5 Å². The number of nitrogens with zero attached hydrogens (tertiary/aromatic N) is 1. The van der Waals surface area contributed by atoms with Crippen LogP contribution in [0.15, 0.2) is 0 Å². The van der Waals surface area contributed by atoms with Gasteiger partial charge in [-0.05, 0) is 18.3 Å². The van der Waals surface area contributed by atoms with Crippen LogP contribution < -0.4 is 0 Å². The number of amides is 1. The largest absolute Gasteiger partial charge is 0.445 e. The molecule has 0 N–H and O–H groups in total. The minimum Gasteiger partial charge on any atom is -0.445 e. The molecule has 0 aromatic heterocycles. The Morgan fingerprint density at radius 1 is 1.09 bits per heavy atom. The molecule has 22 heavy (non-hydrogen) atoms. The van der Waals surface area contributed by atoms with E-state index in [4.69, 9.17) is 4.74 Å². The molecular weight excluding hydrogens is 274 g/mol. The molecule has 0 saturated carbocycles. The lowest BCUT2D eigenvalue weighted by Crippen LogP contribution is -2.42. The highest BCUT2D eigenvalue weighted by Gasteiger charge is 2.35. The Balaban J connectivity index is 4.66. The fraction of sp³-hybridized carbons (Fsp3) is 0.947. The number of hydrogen-bond donors (Lipinski definition) is 0. The highest BCUT2D eigenvalue weighted by atomic mass is 16.6. The molecule has 0 aromatic rings. The van der Waals surface area contributed by atoms with Gasteiger partial charge in [0, 0.05) is 19.0 Å². The van der Waals surface area contributed by atoms with Crippen molar-refractivity contribution in [3.05, 3.63) is 0 Å². The van der Waals surface area contributed by atoms with Gasteiger partial charge in [0.25, 0.3) is 0 Å². The van der Waals surface area contributed by atoms with E-state index in [9.17, 15) is 4.79 Å². The lowest BCUT2D eigenvalue weighted by atomic mass is 9.76. The molecule has 0 saturated heterocycles. The van der Waals surface area contributed by atoms with Crippen molar-refractivity contribution in [1.82, 2.24) is 4.90 Å². The molecule has 0 aliphatic carbocycles. The Labute approximate surface area is 138 Å². The summed E-state index contributed by atoms with van der Waals surface area (Å²) in [6, 6.07) is 0. The van der Waals surface area contributed by atoms with E-state index in [1.165, 1.54) is 25.7 Å². The fourth-order valence-electron chi connectivity index (χ4n) is 3.17. The summed E-state index contributed by atoms with van der Waals surface area (Å²) >= 11 is 0. The second-order valence-corrected chi connectivity index (χ2v) is 8.12. The standard InChI is InChI=1S/C19H39NO2/c1-9-10-11-12-13-19(6,7)17(16(4)5)22-18(21)20(8)14-15(2)3/h15-17H,9-14H2,1-8H3. The third kappa shape index (κ3) is 8.05. The number of ether oxygens (including phenoxy) is 1. The highest BCUT2D eigenvalue weighted by molar-refractivity contribution is 5.67.